The molecule has 36 heavy (non-hydrogen) atoms. The molecule has 0 atom stereocenters. The van der Waals surface area contributed by atoms with Gasteiger partial charge in [0.1, 0.15) is 13.2 Å². The van der Waals surface area contributed by atoms with Gasteiger partial charge in [0.15, 0.2) is 11.5 Å². The number of nitrogens with zero attached hydrogens (tertiary/aromatic N) is 2. The first-order valence-electron chi connectivity index (χ1n) is 10.7. The first-order chi connectivity index (χ1) is 17.1. The molecule has 0 aliphatic carbocycles. The van der Waals surface area contributed by atoms with Crippen LogP contribution in [0, 0.1) is 6.92 Å². The van der Waals surface area contributed by atoms with Gasteiger partial charge < -0.3 is 9.47 Å². The van der Waals surface area contributed by atoms with Gasteiger partial charge in [-0.3, -0.25) is 9.10 Å². The summed E-state index contributed by atoms with van der Waals surface area (Å²) in [5, 5.41) is 4.32. The number of carbonyl (C=O) groups excluding carboxylic acids is 1. The van der Waals surface area contributed by atoms with E-state index in [4.69, 9.17) is 21.1 Å². The van der Waals surface area contributed by atoms with Gasteiger partial charge in [-0.15, -0.1) is 0 Å². The fourth-order valence-corrected chi connectivity index (χ4v) is 4.91. The van der Waals surface area contributed by atoms with Gasteiger partial charge in [0.2, 0.25) is 10.0 Å². The number of sulfonamides is 1. The van der Waals surface area contributed by atoms with E-state index in [1.807, 2.05) is 30.3 Å². The van der Waals surface area contributed by atoms with Gasteiger partial charge in [-0.05, 0) is 63.8 Å². The molecule has 1 amide bonds. The van der Waals surface area contributed by atoms with Crippen LogP contribution in [0.5, 0.6) is 11.5 Å². The Kier molecular flexibility index (Phi) is 9.36. The molecule has 0 spiro atoms. The molecule has 3 rings (SSSR count). The Morgan fingerprint density at radius 3 is 2.56 bits per heavy atom. The van der Waals surface area contributed by atoms with E-state index in [9.17, 15) is 13.2 Å². The summed E-state index contributed by atoms with van der Waals surface area (Å²) in [5.74, 6) is 0.390. The van der Waals surface area contributed by atoms with Crippen molar-refractivity contribution in [3.05, 3.63) is 86.8 Å². The zero-order valence-corrected chi connectivity index (χ0v) is 23.0. The number of methoxy groups -OCH3 is 1. The Morgan fingerprint density at radius 1 is 1.17 bits per heavy atom. The number of hydrogen-bond acceptors (Lipinski definition) is 6. The molecule has 0 saturated carbocycles. The van der Waals surface area contributed by atoms with E-state index in [0.29, 0.717) is 44.4 Å². The maximum Gasteiger partial charge on any atom is 0.260 e. The van der Waals surface area contributed by atoms with Crippen molar-refractivity contribution in [2.75, 3.05) is 24.2 Å². The minimum absolute atomic E-state index is 0.323. The summed E-state index contributed by atoms with van der Waals surface area (Å²) in [6.07, 6.45) is 2.44. The molecular weight excluding hydrogens is 570 g/mol. The normalized spacial score (nSPS) is 11.4. The quantitative estimate of drug-likeness (QED) is 0.266. The highest BCUT2D eigenvalue weighted by molar-refractivity contribution is 9.10. The number of hydrazone groups is 1. The van der Waals surface area contributed by atoms with Crippen LogP contribution in [-0.4, -0.2) is 40.4 Å². The lowest BCUT2D eigenvalue weighted by Crippen LogP contribution is -2.39. The fraction of sp³-hybridized carbons (Fsp3) is 0.200. The molecule has 0 aliphatic heterocycles. The first-order valence-corrected chi connectivity index (χ1v) is 13.7. The highest BCUT2D eigenvalue weighted by atomic mass is 79.9. The smallest absolute Gasteiger partial charge is 0.260 e. The Morgan fingerprint density at radius 2 is 1.89 bits per heavy atom. The number of amides is 1. The van der Waals surface area contributed by atoms with E-state index in [-0.39, 0.29) is 0 Å². The molecule has 1 N–H and O–H groups in total. The second kappa shape index (κ2) is 12.2. The molecule has 0 fully saturated rings. The number of carbonyl (C=O) groups is 1. The molecule has 0 saturated heterocycles. The highest BCUT2D eigenvalue weighted by Crippen LogP contribution is 2.37. The van der Waals surface area contributed by atoms with Gasteiger partial charge >= 0.3 is 0 Å². The number of anilines is 1. The van der Waals surface area contributed by atoms with Crippen LogP contribution in [0.1, 0.15) is 16.7 Å². The number of rotatable bonds is 10. The van der Waals surface area contributed by atoms with E-state index >= 15 is 0 Å². The molecular formula is C25H25BrClN3O5S. The highest BCUT2D eigenvalue weighted by Gasteiger charge is 2.22. The van der Waals surface area contributed by atoms with Crippen molar-refractivity contribution in [2.45, 2.75) is 13.5 Å². The lowest BCUT2D eigenvalue weighted by Gasteiger charge is -2.23. The summed E-state index contributed by atoms with van der Waals surface area (Å²) in [6.45, 7) is 1.64. The van der Waals surface area contributed by atoms with E-state index in [0.717, 1.165) is 16.1 Å². The van der Waals surface area contributed by atoms with Gasteiger partial charge in [0, 0.05) is 5.02 Å². The van der Waals surface area contributed by atoms with E-state index < -0.39 is 22.5 Å². The van der Waals surface area contributed by atoms with Crippen molar-refractivity contribution in [2.24, 2.45) is 5.10 Å². The Balaban J connectivity index is 1.70. The van der Waals surface area contributed by atoms with E-state index in [2.05, 4.69) is 26.5 Å². The molecule has 8 nitrogen and oxygen atoms in total. The van der Waals surface area contributed by atoms with Crippen LogP contribution in [0.25, 0.3) is 0 Å². The van der Waals surface area contributed by atoms with Gasteiger partial charge in [0.25, 0.3) is 5.91 Å². The number of halogens is 2. The third-order valence-electron chi connectivity index (χ3n) is 5.01. The topological polar surface area (TPSA) is 97.3 Å². The van der Waals surface area contributed by atoms with E-state index in [1.54, 1.807) is 31.2 Å². The minimum atomic E-state index is -3.75. The summed E-state index contributed by atoms with van der Waals surface area (Å²) in [4.78, 5) is 12.5. The maximum absolute atomic E-state index is 12.5. The molecule has 0 aliphatic rings. The van der Waals surface area contributed by atoms with Gasteiger partial charge in [-0.1, -0.05) is 48.0 Å². The predicted molar refractivity (Wildman–Crippen MR) is 146 cm³/mol. The van der Waals surface area contributed by atoms with Crippen molar-refractivity contribution in [3.63, 3.8) is 0 Å². The number of hydrogen-bond donors (Lipinski definition) is 1. The lowest BCUT2D eigenvalue weighted by molar-refractivity contribution is -0.119. The molecule has 3 aromatic rings. The number of aryl methyl sites for hydroxylation is 1. The number of benzene rings is 3. The van der Waals surface area contributed by atoms with Crippen LogP contribution in [0.3, 0.4) is 0 Å². The van der Waals surface area contributed by atoms with Crippen LogP contribution in [0.15, 0.2) is 70.2 Å². The third-order valence-corrected chi connectivity index (χ3v) is 6.96. The Labute approximate surface area is 224 Å². The zero-order chi connectivity index (χ0) is 26.3. The molecule has 0 radical (unpaired) electrons. The van der Waals surface area contributed by atoms with Gasteiger partial charge in [-0.2, -0.15) is 5.10 Å². The standard InChI is InChI=1S/C25H25BrClN3O5S/c1-17-9-10-20(27)13-22(17)30(36(3,32)33)15-24(31)29-28-14-19-11-21(26)25(23(12-19)34-2)35-16-18-7-5-4-6-8-18/h4-14H,15-16H2,1-3H3,(H,29,31)/b28-14-. The fourth-order valence-electron chi connectivity index (χ4n) is 3.26. The first kappa shape index (κ1) is 27.5. The maximum atomic E-state index is 12.5. The van der Waals surface area contributed by atoms with E-state index in [1.165, 1.54) is 19.4 Å². The monoisotopic (exact) mass is 593 g/mol. The predicted octanol–water partition coefficient (Wildman–Crippen LogP) is 4.91. The Hall–Kier alpha value is -3.08. The molecule has 190 valence electrons. The molecule has 0 bridgehead atoms. The average molecular weight is 595 g/mol. The largest absolute Gasteiger partial charge is 0.493 e. The summed E-state index contributed by atoms with van der Waals surface area (Å²) in [5.41, 5.74) is 4.97. The van der Waals surface area contributed by atoms with Crippen LogP contribution in [-0.2, 0) is 21.4 Å². The van der Waals surface area contributed by atoms with Gasteiger partial charge in [-0.25, -0.2) is 13.8 Å². The summed E-state index contributed by atoms with van der Waals surface area (Å²) in [7, 11) is -2.22. The van der Waals surface area contributed by atoms with Crippen molar-refractivity contribution < 1.29 is 22.7 Å². The summed E-state index contributed by atoms with van der Waals surface area (Å²) >= 11 is 9.52. The second-order valence-electron chi connectivity index (χ2n) is 7.80. The lowest BCUT2D eigenvalue weighted by atomic mass is 10.2. The minimum Gasteiger partial charge on any atom is -0.493 e. The van der Waals surface area contributed by atoms with Crippen molar-refractivity contribution in [1.82, 2.24) is 5.43 Å². The molecule has 0 heterocycles. The van der Waals surface area contributed by atoms with Crippen LogP contribution < -0.4 is 19.2 Å². The summed E-state index contributed by atoms with van der Waals surface area (Å²) in [6, 6.07) is 18.0. The van der Waals surface area contributed by atoms with Crippen LogP contribution >= 0.6 is 27.5 Å². The van der Waals surface area contributed by atoms with Crippen LogP contribution in [0.2, 0.25) is 5.02 Å². The second-order valence-corrected chi connectivity index (χ2v) is 11.0. The third kappa shape index (κ3) is 7.46. The van der Waals surface area contributed by atoms with Crippen molar-refractivity contribution in [3.8, 4) is 11.5 Å². The SMILES string of the molecule is COc1cc(/C=N\NC(=O)CN(c2cc(Cl)ccc2C)S(C)(=O)=O)cc(Br)c1OCc1ccccc1. The number of ether oxygens (including phenoxy) is 2. The van der Waals surface area contributed by atoms with Gasteiger partial charge in [0.05, 0.1) is 29.7 Å². The molecule has 11 heteroatoms. The molecule has 3 aromatic carbocycles. The molecule has 0 aromatic heterocycles. The van der Waals surface area contributed by atoms with Crippen molar-refractivity contribution >= 4 is 55.4 Å². The summed E-state index contributed by atoms with van der Waals surface area (Å²) < 4.78 is 37.7. The number of nitrogens with one attached hydrogen (secondary N) is 1. The van der Waals surface area contributed by atoms with Crippen molar-refractivity contribution in [1.29, 1.82) is 0 Å². The average Bonchev–Trinajstić information content (AvgIpc) is 2.83. The molecule has 0 unspecified atom stereocenters. The Bertz CT molecular complexity index is 1370. The van der Waals surface area contributed by atoms with Crippen LogP contribution in [0.4, 0.5) is 5.69 Å². The zero-order valence-electron chi connectivity index (χ0n) is 19.9.